The molecule has 1 aliphatic carbocycles. The minimum Gasteiger partial charge on any atom is -0.476 e. The maximum atomic E-state index is 11.8. The first-order valence-corrected chi connectivity index (χ1v) is 8.26. The molecule has 144 valence electrons. The van der Waals surface area contributed by atoms with Crippen LogP contribution in [0.3, 0.4) is 0 Å². The molecule has 8 heteroatoms. The fraction of sp³-hybridized carbons (Fsp3) is 0.500. The summed E-state index contributed by atoms with van der Waals surface area (Å²) >= 11 is 0. The van der Waals surface area contributed by atoms with Gasteiger partial charge in [-0.1, -0.05) is 6.07 Å². The van der Waals surface area contributed by atoms with E-state index in [2.05, 4.69) is 6.07 Å². The van der Waals surface area contributed by atoms with Gasteiger partial charge in [0.05, 0.1) is 6.61 Å². The van der Waals surface area contributed by atoms with E-state index >= 15 is 0 Å². The first-order chi connectivity index (χ1) is 12.1. The van der Waals surface area contributed by atoms with E-state index in [1.165, 1.54) is 11.1 Å². The van der Waals surface area contributed by atoms with E-state index in [0.29, 0.717) is 12.4 Å². The van der Waals surface area contributed by atoms with Gasteiger partial charge in [0, 0.05) is 6.04 Å². The Balaban J connectivity index is 0.000000487. The van der Waals surface area contributed by atoms with Gasteiger partial charge in [-0.3, -0.25) is 0 Å². The zero-order valence-corrected chi connectivity index (χ0v) is 15.2. The third kappa shape index (κ3) is 6.36. The Morgan fingerprint density at radius 1 is 1.19 bits per heavy atom. The van der Waals surface area contributed by atoms with Crippen molar-refractivity contribution in [1.82, 2.24) is 0 Å². The summed E-state index contributed by atoms with van der Waals surface area (Å²) in [6.07, 6.45) is 2.91. The van der Waals surface area contributed by atoms with E-state index in [0.717, 1.165) is 19.3 Å². The SMILES string of the molecule is CCOC(=O)C(C)(C)Oc1ccc2c(c1)C[C@H](N)CC2.O=C(O)C(=O)O. The van der Waals surface area contributed by atoms with Crippen LogP contribution in [0.5, 0.6) is 5.75 Å². The van der Waals surface area contributed by atoms with Gasteiger partial charge in [0.2, 0.25) is 0 Å². The molecule has 0 heterocycles. The van der Waals surface area contributed by atoms with Crippen LogP contribution in [0.25, 0.3) is 0 Å². The molecule has 0 saturated carbocycles. The number of carbonyl (C=O) groups excluding carboxylic acids is 1. The molecular formula is C18H25NO7. The third-order valence-corrected chi connectivity index (χ3v) is 3.77. The summed E-state index contributed by atoms with van der Waals surface area (Å²) in [6, 6.07) is 6.19. The van der Waals surface area contributed by atoms with E-state index in [4.69, 9.17) is 35.0 Å². The number of benzene rings is 1. The smallest absolute Gasteiger partial charge is 0.414 e. The maximum absolute atomic E-state index is 11.8. The van der Waals surface area contributed by atoms with Gasteiger partial charge >= 0.3 is 17.9 Å². The second-order valence-electron chi connectivity index (χ2n) is 6.38. The minimum absolute atomic E-state index is 0.218. The van der Waals surface area contributed by atoms with Crippen LogP contribution in [0.1, 0.15) is 38.3 Å². The molecule has 4 N–H and O–H groups in total. The van der Waals surface area contributed by atoms with Gasteiger partial charge < -0.3 is 25.4 Å². The number of carboxylic acids is 2. The highest BCUT2D eigenvalue weighted by Crippen LogP contribution is 2.27. The highest BCUT2D eigenvalue weighted by molar-refractivity contribution is 6.27. The van der Waals surface area contributed by atoms with E-state index in [9.17, 15) is 4.79 Å². The highest BCUT2D eigenvalue weighted by Gasteiger charge is 2.31. The number of carboxylic acid groups (broad SMARTS) is 2. The number of aliphatic carboxylic acids is 2. The number of nitrogens with two attached hydrogens (primary N) is 1. The van der Waals surface area contributed by atoms with Crippen LogP contribution in [0, 0.1) is 0 Å². The fourth-order valence-corrected chi connectivity index (χ4v) is 2.47. The van der Waals surface area contributed by atoms with E-state index in [-0.39, 0.29) is 12.0 Å². The van der Waals surface area contributed by atoms with Crippen LogP contribution in [0.2, 0.25) is 0 Å². The van der Waals surface area contributed by atoms with Gasteiger partial charge in [0.15, 0.2) is 5.60 Å². The van der Waals surface area contributed by atoms with E-state index < -0.39 is 17.5 Å². The van der Waals surface area contributed by atoms with Crippen molar-refractivity contribution in [3.8, 4) is 5.75 Å². The lowest BCUT2D eigenvalue weighted by Gasteiger charge is -2.26. The average molecular weight is 367 g/mol. The summed E-state index contributed by atoms with van der Waals surface area (Å²) in [5, 5.41) is 14.8. The lowest BCUT2D eigenvalue weighted by molar-refractivity contribution is -0.159. The molecule has 0 bridgehead atoms. The predicted molar refractivity (Wildman–Crippen MR) is 93.1 cm³/mol. The summed E-state index contributed by atoms with van der Waals surface area (Å²) in [6.45, 7) is 5.57. The zero-order valence-electron chi connectivity index (χ0n) is 15.2. The van der Waals surface area contributed by atoms with Crippen molar-refractivity contribution in [2.45, 2.75) is 51.7 Å². The quantitative estimate of drug-likeness (QED) is 0.536. The minimum atomic E-state index is -1.82. The fourth-order valence-electron chi connectivity index (χ4n) is 2.47. The lowest BCUT2D eigenvalue weighted by atomic mass is 9.88. The third-order valence-electron chi connectivity index (χ3n) is 3.77. The van der Waals surface area contributed by atoms with Crippen molar-refractivity contribution in [3.05, 3.63) is 29.3 Å². The molecule has 0 amide bonds. The molecule has 0 fully saturated rings. The standard InChI is InChI=1S/C16H23NO3.C2H2O4/c1-4-19-15(18)16(2,3)20-14-8-6-11-5-7-13(17)9-12(11)10-14;3-1(4)2(5)6/h6,8,10,13H,4-5,7,9,17H2,1-3H3;(H,3,4)(H,5,6)/t13-;/m1./s1. The first kappa shape index (κ1) is 21.4. The summed E-state index contributed by atoms with van der Waals surface area (Å²) in [7, 11) is 0. The number of fused-ring (bicyclic) bond motifs is 1. The van der Waals surface area contributed by atoms with Crippen LogP contribution in [0.15, 0.2) is 18.2 Å². The highest BCUT2D eigenvalue weighted by atomic mass is 16.6. The monoisotopic (exact) mass is 367 g/mol. The van der Waals surface area contributed by atoms with Crippen molar-refractivity contribution in [2.24, 2.45) is 5.73 Å². The molecule has 26 heavy (non-hydrogen) atoms. The van der Waals surface area contributed by atoms with Gasteiger partial charge in [0.25, 0.3) is 0 Å². The maximum Gasteiger partial charge on any atom is 0.414 e. The van der Waals surface area contributed by atoms with Crippen LogP contribution >= 0.6 is 0 Å². The predicted octanol–water partition coefficient (Wildman–Crippen LogP) is 1.38. The second kappa shape index (κ2) is 9.19. The van der Waals surface area contributed by atoms with Gasteiger partial charge in [-0.15, -0.1) is 0 Å². The molecule has 1 aliphatic rings. The Kier molecular flexibility index (Phi) is 7.57. The van der Waals surface area contributed by atoms with E-state index in [1.54, 1.807) is 20.8 Å². The van der Waals surface area contributed by atoms with Crippen LogP contribution < -0.4 is 10.5 Å². The molecule has 0 saturated heterocycles. The number of hydrogen-bond acceptors (Lipinski definition) is 6. The number of rotatable bonds is 4. The molecule has 0 aliphatic heterocycles. The lowest BCUT2D eigenvalue weighted by Crippen LogP contribution is -2.39. The number of esters is 1. The molecule has 1 aromatic rings. The summed E-state index contributed by atoms with van der Waals surface area (Å²) in [4.78, 5) is 30.0. The van der Waals surface area contributed by atoms with Gasteiger partial charge in [-0.25, -0.2) is 14.4 Å². The molecular weight excluding hydrogens is 342 g/mol. The second-order valence-corrected chi connectivity index (χ2v) is 6.38. The Bertz CT molecular complexity index is 658. The number of ether oxygens (including phenoxy) is 2. The first-order valence-electron chi connectivity index (χ1n) is 8.26. The van der Waals surface area contributed by atoms with Gasteiger partial charge in [-0.2, -0.15) is 0 Å². The van der Waals surface area contributed by atoms with Crippen LogP contribution in [0.4, 0.5) is 0 Å². The largest absolute Gasteiger partial charge is 0.476 e. The number of aryl methyl sites for hydroxylation is 1. The molecule has 2 rings (SSSR count). The van der Waals surface area contributed by atoms with E-state index in [1.807, 2.05) is 12.1 Å². The molecule has 0 aromatic heterocycles. The molecule has 8 nitrogen and oxygen atoms in total. The summed E-state index contributed by atoms with van der Waals surface area (Å²) in [5.74, 6) is -3.31. The van der Waals surface area contributed by atoms with Gasteiger partial charge in [-0.05, 0) is 63.3 Å². The normalized spacial score (nSPS) is 15.8. The zero-order chi connectivity index (χ0) is 19.9. The number of hydrogen-bond donors (Lipinski definition) is 3. The Morgan fingerprint density at radius 3 is 2.35 bits per heavy atom. The Morgan fingerprint density at radius 2 is 1.81 bits per heavy atom. The van der Waals surface area contributed by atoms with Crippen LogP contribution in [-0.4, -0.2) is 46.4 Å². The van der Waals surface area contributed by atoms with Crippen molar-refractivity contribution in [3.63, 3.8) is 0 Å². The summed E-state index contributed by atoms with van der Waals surface area (Å²) in [5.41, 5.74) is 7.56. The molecule has 0 unspecified atom stereocenters. The topological polar surface area (TPSA) is 136 Å². The van der Waals surface area contributed by atoms with Crippen molar-refractivity contribution in [2.75, 3.05) is 6.61 Å². The van der Waals surface area contributed by atoms with Crippen molar-refractivity contribution in [1.29, 1.82) is 0 Å². The molecule has 0 spiro atoms. The molecule has 1 atom stereocenters. The van der Waals surface area contributed by atoms with Crippen molar-refractivity contribution < 1.29 is 34.1 Å². The average Bonchev–Trinajstić information content (AvgIpc) is 2.54. The Labute approximate surface area is 151 Å². The number of carbonyl (C=O) groups is 3. The van der Waals surface area contributed by atoms with Crippen molar-refractivity contribution >= 4 is 17.9 Å². The molecule has 0 radical (unpaired) electrons. The Hall–Kier alpha value is -2.61. The van der Waals surface area contributed by atoms with Gasteiger partial charge in [0.1, 0.15) is 5.75 Å². The summed E-state index contributed by atoms with van der Waals surface area (Å²) < 4.78 is 10.8. The van der Waals surface area contributed by atoms with Crippen LogP contribution in [-0.2, 0) is 32.0 Å². The molecule has 1 aromatic carbocycles.